The van der Waals surface area contributed by atoms with Crippen LogP contribution in [0.1, 0.15) is 0 Å². The first-order chi connectivity index (χ1) is 18.7. The van der Waals surface area contributed by atoms with E-state index in [4.69, 9.17) is 0 Å². The zero-order chi connectivity index (χ0) is 25.7. The second kappa shape index (κ2) is 10.9. The SMILES string of the molecule is Brc1ccc(Nc2ccc(-c3ccccc3-c3ccc(-c4ccccc4)cc3)cc2-c2ccccc2)cc1. The van der Waals surface area contributed by atoms with Crippen molar-refractivity contribution in [1.29, 1.82) is 0 Å². The number of nitrogens with one attached hydrogen (secondary N) is 1. The van der Waals surface area contributed by atoms with E-state index >= 15 is 0 Å². The number of anilines is 2. The Labute approximate surface area is 232 Å². The molecule has 0 atom stereocenters. The summed E-state index contributed by atoms with van der Waals surface area (Å²) in [6.45, 7) is 0. The highest BCUT2D eigenvalue weighted by atomic mass is 79.9. The number of halogens is 1. The Morgan fingerprint density at radius 1 is 0.368 bits per heavy atom. The van der Waals surface area contributed by atoms with Gasteiger partial charge in [0.05, 0.1) is 0 Å². The Balaban J connectivity index is 1.41. The zero-order valence-electron chi connectivity index (χ0n) is 20.8. The third kappa shape index (κ3) is 5.18. The van der Waals surface area contributed by atoms with Gasteiger partial charge in [-0.2, -0.15) is 0 Å². The fourth-order valence-corrected chi connectivity index (χ4v) is 5.09. The van der Waals surface area contributed by atoms with Gasteiger partial charge in [0, 0.05) is 21.4 Å². The molecule has 6 rings (SSSR count). The minimum atomic E-state index is 1.05. The third-order valence-corrected chi connectivity index (χ3v) is 7.30. The lowest BCUT2D eigenvalue weighted by Crippen LogP contribution is -1.95. The highest BCUT2D eigenvalue weighted by molar-refractivity contribution is 9.10. The van der Waals surface area contributed by atoms with E-state index in [1.54, 1.807) is 0 Å². The molecule has 0 aliphatic rings. The van der Waals surface area contributed by atoms with Gasteiger partial charge in [0.2, 0.25) is 0 Å². The largest absolute Gasteiger partial charge is 0.355 e. The van der Waals surface area contributed by atoms with Crippen LogP contribution >= 0.6 is 15.9 Å². The molecular weight excluding hydrogens is 526 g/mol. The Bertz CT molecular complexity index is 1660. The Morgan fingerprint density at radius 3 is 1.50 bits per heavy atom. The molecule has 0 saturated carbocycles. The van der Waals surface area contributed by atoms with Crippen molar-refractivity contribution in [2.45, 2.75) is 0 Å². The van der Waals surface area contributed by atoms with Crippen LogP contribution in [0, 0.1) is 0 Å². The number of benzene rings is 6. The first kappa shape index (κ1) is 24.0. The molecule has 1 nitrogen and oxygen atoms in total. The van der Waals surface area contributed by atoms with E-state index in [2.05, 4.69) is 173 Å². The van der Waals surface area contributed by atoms with Crippen LogP contribution in [0.3, 0.4) is 0 Å². The van der Waals surface area contributed by atoms with E-state index in [1.165, 1.54) is 44.5 Å². The van der Waals surface area contributed by atoms with Crippen molar-refractivity contribution < 1.29 is 0 Å². The van der Waals surface area contributed by atoms with Crippen LogP contribution in [0.4, 0.5) is 11.4 Å². The number of hydrogen-bond donors (Lipinski definition) is 1. The molecule has 0 saturated heterocycles. The summed E-state index contributed by atoms with van der Waals surface area (Å²) < 4.78 is 1.06. The molecule has 6 aromatic rings. The fraction of sp³-hybridized carbons (Fsp3) is 0. The summed E-state index contributed by atoms with van der Waals surface area (Å²) in [6.07, 6.45) is 0. The second-order valence-electron chi connectivity index (χ2n) is 9.25. The molecule has 0 aliphatic carbocycles. The first-order valence-corrected chi connectivity index (χ1v) is 13.5. The van der Waals surface area contributed by atoms with Gasteiger partial charge < -0.3 is 5.32 Å². The van der Waals surface area contributed by atoms with Crippen LogP contribution in [-0.4, -0.2) is 0 Å². The Kier molecular flexibility index (Phi) is 6.89. The molecule has 2 heteroatoms. The van der Waals surface area contributed by atoms with E-state index in [1.807, 2.05) is 0 Å². The zero-order valence-corrected chi connectivity index (χ0v) is 22.4. The van der Waals surface area contributed by atoms with Gasteiger partial charge in [-0.15, -0.1) is 0 Å². The van der Waals surface area contributed by atoms with Crippen molar-refractivity contribution in [3.05, 3.63) is 156 Å². The summed E-state index contributed by atoms with van der Waals surface area (Å²) in [6, 6.07) is 53.6. The summed E-state index contributed by atoms with van der Waals surface area (Å²) in [4.78, 5) is 0. The van der Waals surface area contributed by atoms with Crippen LogP contribution in [0.25, 0.3) is 44.5 Å². The van der Waals surface area contributed by atoms with Gasteiger partial charge in [0.1, 0.15) is 0 Å². The van der Waals surface area contributed by atoms with Gasteiger partial charge in [-0.3, -0.25) is 0 Å². The van der Waals surface area contributed by atoms with E-state index in [0.717, 1.165) is 15.8 Å². The summed E-state index contributed by atoms with van der Waals surface area (Å²) >= 11 is 3.53. The maximum Gasteiger partial charge on any atom is 0.0464 e. The smallest absolute Gasteiger partial charge is 0.0464 e. The molecule has 0 fully saturated rings. The van der Waals surface area contributed by atoms with Gasteiger partial charge in [0.15, 0.2) is 0 Å². The van der Waals surface area contributed by atoms with Crippen molar-refractivity contribution in [2.24, 2.45) is 0 Å². The molecule has 0 aromatic heterocycles. The molecule has 0 aliphatic heterocycles. The molecule has 182 valence electrons. The van der Waals surface area contributed by atoms with Gasteiger partial charge >= 0.3 is 0 Å². The molecular formula is C36H26BrN. The molecule has 0 spiro atoms. The van der Waals surface area contributed by atoms with Crippen molar-refractivity contribution >= 4 is 27.3 Å². The quantitative estimate of drug-likeness (QED) is 0.217. The molecule has 6 aromatic carbocycles. The highest BCUT2D eigenvalue weighted by Crippen LogP contribution is 2.38. The Morgan fingerprint density at radius 2 is 0.842 bits per heavy atom. The molecule has 0 heterocycles. The lowest BCUT2D eigenvalue weighted by Gasteiger charge is -2.17. The van der Waals surface area contributed by atoms with E-state index in [-0.39, 0.29) is 0 Å². The van der Waals surface area contributed by atoms with E-state index in [0.29, 0.717) is 0 Å². The highest BCUT2D eigenvalue weighted by Gasteiger charge is 2.12. The van der Waals surface area contributed by atoms with Gasteiger partial charge in [-0.1, -0.05) is 131 Å². The summed E-state index contributed by atoms with van der Waals surface area (Å²) in [5.74, 6) is 0. The van der Waals surface area contributed by atoms with Crippen LogP contribution in [0.5, 0.6) is 0 Å². The van der Waals surface area contributed by atoms with Gasteiger partial charge in [-0.05, 0) is 75.3 Å². The maximum absolute atomic E-state index is 3.62. The van der Waals surface area contributed by atoms with Gasteiger partial charge in [-0.25, -0.2) is 0 Å². The number of hydrogen-bond acceptors (Lipinski definition) is 1. The summed E-state index contributed by atoms with van der Waals surface area (Å²) in [7, 11) is 0. The van der Waals surface area contributed by atoms with Gasteiger partial charge in [0.25, 0.3) is 0 Å². The molecule has 0 amide bonds. The maximum atomic E-state index is 3.62. The lowest BCUT2D eigenvalue weighted by molar-refractivity contribution is 1.51. The normalized spacial score (nSPS) is 10.8. The molecule has 0 radical (unpaired) electrons. The van der Waals surface area contributed by atoms with E-state index < -0.39 is 0 Å². The molecule has 38 heavy (non-hydrogen) atoms. The molecule has 0 unspecified atom stereocenters. The van der Waals surface area contributed by atoms with Crippen molar-refractivity contribution in [3.8, 4) is 44.5 Å². The Hall–Kier alpha value is -4.40. The first-order valence-electron chi connectivity index (χ1n) is 12.7. The summed E-state index contributed by atoms with van der Waals surface area (Å²) in [5.41, 5.74) is 11.8. The average molecular weight is 553 g/mol. The monoisotopic (exact) mass is 551 g/mol. The average Bonchev–Trinajstić information content (AvgIpc) is 2.99. The minimum Gasteiger partial charge on any atom is -0.355 e. The van der Waals surface area contributed by atoms with Crippen molar-refractivity contribution in [1.82, 2.24) is 0 Å². The van der Waals surface area contributed by atoms with Crippen molar-refractivity contribution in [2.75, 3.05) is 5.32 Å². The second-order valence-corrected chi connectivity index (χ2v) is 10.2. The van der Waals surface area contributed by atoms with Crippen LogP contribution in [-0.2, 0) is 0 Å². The van der Waals surface area contributed by atoms with Crippen LogP contribution in [0.15, 0.2) is 156 Å². The third-order valence-electron chi connectivity index (χ3n) is 6.77. The number of rotatable bonds is 6. The topological polar surface area (TPSA) is 12.0 Å². The minimum absolute atomic E-state index is 1.05. The van der Waals surface area contributed by atoms with Crippen LogP contribution < -0.4 is 5.32 Å². The van der Waals surface area contributed by atoms with Crippen molar-refractivity contribution in [3.63, 3.8) is 0 Å². The van der Waals surface area contributed by atoms with E-state index in [9.17, 15) is 0 Å². The predicted octanol–water partition coefficient (Wildman–Crippen LogP) is 10.9. The predicted molar refractivity (Wildman–Crippen MR) is 166 cm³/mol. The van der Waals surface area contributed by atoms with Crippen LogP contribution in [0.2, 0.25) is 0 Å². The lowest BCUT2D eigenvalue weighted by atomic mass is 9.91. The summed E-state index contributed by atoms with van der Waals surface area (Å²) in [5, 5.41) is 3.62. The molecule has 0 bridgehead atoms. The standard InChI is InChI=1S/C36H26BrN/c37-31-20-22-32(23-21-31)38-36-24-19-30(25-35(36)28-11-5-2-6-12-28)34-14-8-7-13-33(34)29-17-15-27(16-18-29)26-9-3-1-4-10-26/h1-25,38H. The fourth-order valence-electron chi connectivity index (χ4n) is 4.83. The molecule has 1 N–H and O–H groups in total.